The van der Waals surface area contributed by atoms with Crippen molar-refractivity contribution in [1.82, 2.24) is 15.6 Å². The van der Waals surface area contributed by atoms with Crippen molar-refractivity contribution < 1.29 is 54.9 Å². The van der Waals surface area contributed by atoms with E-state index >= 15 is 0 Å². The second-order valence-corrected chi connectivity index (χ2v) is 6.43. The van der Waals surface area contributed by atoms with Crippen LogP contribution in [0.5, 0.6) is 0 Å². The lowest BCUT2D eigenvalue weighted by atomic mass is 9.86. The van der Waals surface area contributed by atoms with E-state index in [2.05, 4.69) is 15.6 Å². The first-order valence-electron chi connectivity index (χ1n) is 9.54. The Bertz CT molecular complexity index is 671. The van der Waals surface area contributed by atoms with Crippen LogP contribution in [-0.4, -0.2) is 111 Å². The molecule has 1 aromatic heterocycles. The summed E-state index contributed by atoms with van der Waals surface area (Å²) in [5.41, 5.74) is -0.837. The number of aliphatic hydroxyl groups is 5. The molecule has 2 amide bonds. The average molecular weight is 477 g/mol. The van der Waals surface area contributed by atoms with Crippen molar-refractivity contribution in [2.45, 2.75) is 12.8 Å². The summed E-state index contributed by atoms with van der Waals surface area (Å²) < 4.78 is 0. The fourth-order valence-corrected chi connectivity index (χ4v) is 1.76. The topological polar surface area (TPSA) is 247 Å². The highest BCUT2D eigenvalue weighted by Gasteiger charge is 2.28. The van der Waals surface area contributed by atoms with Crippen LogP contribution in [0.3, 0.4) is 0 Å². The van der Waals surface area contributed by atoms with E-state index in [1.165, 1.54) is 18.5 Å². The average Bonchev–Trinajstić information content (AvgIpc) is 2.84. The van der Waals surface area contributed by atoms with Crippen molar-refractivity contribution in [3.63, 3.8) is 0 Å². The molecule has 33 heavy (non-hydrogen) atoms. The van der Waals surface area contributed by atoms with Crippen LogP contribution in [0, 0.1) is 5.41 Å². The number of aliphatic hydroxyl groups excluding tert-OH is 5. The molecule has 0 saturated heterocycles. The van der Waals surface area contributed by atoms with E-state index in [1.54, 1.807) is 6.07 Å². The predicted octanol–water partition coefficient (Wildman–Crippen LogP) is -3.20. The zero-order chi connectivity index (χ0) is 25.7. The molecule has 0 radical (unpaired) electrons. The number of rotatable bonds is 12. The van der Waals surface area contributed by atoms with Crippen LogP contribution in [0.2, 0.25) is 0 Å². The van der Waals surface area contributed by atoms with E-state index in [9.17, 15) is 19.2 Å². The number of amides is 2. The van der Waals surface area contributed by atoms with E-state index < -0.39 is 62.2 Å². The Morgan fingerprint density at radius 2 is 1.33 bits per heavy atom. The summed E-state index contributed by atoms with van der Waals surface area (Å²) in [6, 6.07) is 3.08. The van der Waals surface area contributed by atoms with Gasteiger partial charge in [0.2, 0.25) is 11.8 Å². The molecule has 188 valence electrons. The lowest BCUT2D eigenvalue weighted by molar-refractivity contribution is -0.138. The van der Waals surface area contributed by atoms with Gasteiger partial charge in [-0.25, -0.2) is 4.79 Å². The fourth-order valence-electron chi connectivity index (χ4n) is 1.76. The first-order valence-corrected chi connectivity index (χ1v) is 9.54. The number of carbonyl (C=O) groups is 4. The fraction of sp³-hybridized carbons (Fsp3) is 0.526. The summed E-state index contributed by atoms with van der Waals surface area (Å²) in [5.74, 6) is -2.93. The lowest BCUT2D eigenvalue weighted by Gasteiger charge is -2.26. The molecular weight excluding hydrogens is 446 g/mol. The first kappa shape index (κ1) is 32.0. The second-order valence-electron chi connectivity index (χ2n) is 6.43. The molecule has 0 saturated carbocycles. The van der Waals surface area contributed by atoms with E-state index in [0.29, 0.717) is 0 Å². The Labute approximate surface area is 189 Å². The van der Waals surface area contributed by atoms with E-state index in [0.717, 1.165) is 0 Å². The predicted molar refractivity (Wildman–Crippen MR) is 112 cm³/mol. The number of carbonyl (C=O) groups excluding carboxylic acids is 2. The molecule has 0 aromatic carbocycles. The number of hydrogen-bond donors (Lipinski definition) is 9. The molecule has 0 aliphatic carbocycles. The highest BCUT2D eigenvalue weighted by molar-refractivity contribution is 5.86. The molecule has 0 unspecified atom stereocenters. The summed E-state index contributed by atoms with van der Waals surface area (Å²) in [7, 11) is 0. The minimum absolute atomic E-state index is 0.0752. The minimum atomic E-state index is -1.06. The van der Waals surface area contributed by atoms with Gasteiger partial charge in [0.1, 0.15) is 13.2 Å². The molecule has 0 bridgehead atoms. The smallest absolute Gasteiger partial charge is 0.337 e. The molecular formula is C19H31N3O11. The number of hydrogen-bond acceptors (Lipinski definition) is 10. The van der Waals surface area contributed by atoms with Gasteiger partial charge >= 0.3 is 11.9 Å². The third-order valence-electron chi connectivity index (χ3n) is 3.84. The van der Waals surface area contributed by atoms with Crippen LogP contribution in [0.4, 0.5) is 0 Å². The standard InChI is InChI=1S/C7H14O5.C6H12N2O4.C6H5NO2/c8-3-7(4-9,5-10)2-1-6(11)12;9-3-5(11)7-1-2-8-6(12)4-10;8-6(9)5-2-1-3-7-4-5/h8-10H,1-5H2,(H,11,12);9-10H,1-4H2,(H,7,11)(H,8,12);1-4H,(H,8,9). The van der Waals surface area contributed by atoms with Crippen molar-refractivity contribution in [2.24, 2.45) is 5.41 Å². The van der Waals surface area contributed by atoms with E-state index in [4.69, 9.17) is 35.7 Å². The van der Waals surface area contributed by atoms with Crippen molar-refractivity contribution in [3.8, 4) is 0 Å². The molecule has 9 N–H and O–H groups in total. The van der Waals surface area contributed by atoms with E-state index in [1.807, 2.05) is 0 Å². The normalized spacial score (nSPS) is 9.97. The molecule has 0 spiro atoms. The van der Waals surface area contributed by atoms with Crippen molar-refractivity contribution in [1.29, 1.82) is 0 Å². The first-order chi connectivity index (χ1) is 15.6. The van der Waals surface area contributed by atoms with Crippen molar-refractivity contribution in [2.75, 3.05) is 46.1 Å². The van der Waals surface area contributed by atoms with Gasteiger partial charge < -0.3 is 46.4 Å². The number of pyridine rings is 1. The van der Waals surface area contributed by atoms with Gasteiger partial charge in [-0.1, -0.05) is 0 Å². The van der Waals surface area contributed by atoms with Gasteiger partial charge in [0.05, 0.1) is 25.4 Å². The molecule has 0 atom stereocenters. The van der Waals surface area contributed by atoms with Crippen LogP contribution in [0.1, 0.15) is 23.2 Å². The van der Waals surface area contributed by atoms with Gasteiger partial charge in [0.25, 0.3) is 0 Å². The number of carboxylic acids is 2. The molecule has 0 aliphatic rings. The maximum Gasteiger partial charge on any atom is 0.337 e. The summed E-state index contributed by atoms with van der Waals surface area (Å²) in [6.45, 7) is -1.87. The number of aliphatic carboxylic acids is 1. The number of aromatic nitrogens is 1. The maximum absolute atomic E-state index is 10.4. The molecule has 14 heteroatoms. The second kappa shape index (κ2) is 19.5. The third kappa shape index (κ3) is 17.1. The molecule has 1 aromatic rings. The Balaban J connectivity index is 0. The van der Waals surface area contributed by atoms with Gasteiger partial charge in [0, 0.05) is 37.3 Å². The quantitative estimate of drug-likeness (QED) is 0.135. The van der Waals surface area contributed by atoms with Crippen LogP contribution in [0.15, 0.2) is 24.5 Å². The van der Waals surface area contributed by atoms with Crippen LogP contribution < -0.4 is 10.6 Å². The lowest BCUT2D eigenvalue weighted by Crippen LogP contribution is -2.36. The van der Waals surface area contributed by atoms with Crippen LogP contribution in [-0.2, 0) is 14.4 Å². The monoisotopic (exact) mass is 477 g/mol. The highest BCUT2D eigenvalue weighted by atomic mass is 16.4. The minimum Gasteiger partial charge on any atom is -0.481 e. The number of nitrogens with zero attached hydrogens (tertiary/aromatic N) is 1. The zero-order valence-electron chi connectivity index (χ0n) is 17.9. The molecule has 1 heterocycles. The van der Waals surface area contributed by atoms with Crippen molar-refractivity contribution >= 4 is 23.8 Å². The van der Waals surface area contributed by atoms with E-state index in [-0.39, 0.29) is 31.5 Å². The Kier molecular flexibility index (Phi) is 18.9. The van der Waals surface area contributed by atoms with Gasteiger partial charge in [-0.3, -0.25) is 19.4 Å². The molecule has 0 aliphatic heterocycles. The van der Waals surface area contributed by atoms with Crippen molar-refractivity contribution in [3.05, 3.63) is 30.1 Å². The van der Waals surface area contributed by atoms with Gasteiger partial charge in [-0.05, 0) is 18.6 Å². The molecule has 1 rings (SSSR count). The zero-order valence-corrected chi connectivity index (χ0v) is 17.9. The number of carboxylic acid groups (broad SMARTS) is 2. The number of aromatic carboxylic acids is 1. The third-order valence-corrected chi connectivity index (χ3v) is 3.84. The Morgan fingerprint density at radius 1 is 0.848 bits per heavy atom. The maximum atomic E-state index is 10.4. The summed E-state index contributed by atoms with van der Waals surface area (Å²) >= 11 is 0. The summed E-state index contributed by atoms with van der Waals surface area (Å²) in [6.07, 6.45) is 2.75. The number of nitrogens with one attached hydrogen (secondary N) is 2. The Hall–Kier alpha value is -3.17. The Morgan fingerprint density at radius 3 is 1.61 bits per heavy atom. The van der Waals surface area contributed by atoms with Gasteiger partial charge in [0.15, 0.2) is 0 Å². The summed E-state index contributed by atoms with van der Waals surface area (Å²) in [4.78, 5) is 44.7. The molecule has 0 fully saturated rings. The SMILES string of the molecule is O=C(CO)NCCNC(=O)CO.O=C(O)CCC(CO)(CO)CO.O=C(O)c1cccnc1. The van der Waals surface area contributed by atoms with Gasteiger partial charge in [-0.15, -0.1) is 0 Å². The largest absolute Gasteiger partial charge is 0.481 e. The molecule has 14 nitrogen and oxygen atoms in total. The van der Waals surface area contributed by atoms with Crippen LogP contribution >= 0.6 is 0 Å². The summed E-state index contributed by atoms with van der Waals surface area (Å²) in [5, 5.41) is 64.1. The van der Waals surface area contributed by atoms with Gasteiger partial charge in [-0.2, -0.15) is 0 Å². The van der Waals surface area contributed by atoms with Crippen LogP contribution in [0.25, 0.3) is 0 Å². The highest BCUT2D eigenvalue weighted by Crippen LogP contribution is 2.21.